The summed E-state index contributed by atoms with van der Waals surface area (Å²) in [6, 6.07) is 14.3. The molecule has 3 aromatic heterocycles. The van der Waals surface area contributed by atoms with Gasteiger partial charge in [0.25, 0.3) is 0 Å². The van der Waals surface area contributed by atoms with Crippen LogP contribution in [-0.4, -0.2) is 31.9 Å². The summed E-state index contributed by atoms with van der Waals surface area (Å²) in [5.74, 6) is 1.21. The van der Waals surface area contributed by atoms with Crippen molar-refractivity contribution >= 4 is 11.3 Å². The lowest BCUT2D eigenvalue weighted by Crippen LogP contribution is -2.17. The molecule has 26 heavy (non-hydrogen) atoms. The molecule has 3 heterocycles. The fourth-order valence-corrected chi connectivity index (χ4v) is 3.58. The molecule has 0 saturated carbocycles. The van der Waals surface area contributed by atoms with Crippen LogP contribution < -0.4 is 0 Å². The SMILES string of the molecule is Cc1nnc(CN(C)Cc2cn(-c3ccccc3)nc2-c2cccs2)o1. The van der Waals surface area contributed by atoms with Crippen LogP contribution in [0.25, 0.3) is 16.3 Å². The lowest BCUT2D eigenvalue weighted by Gasteiger charge is -2.13. The van der Waals surface area contributed by atoms with E-state index in [9.17, 15) is 0 Å². The molecule has 0 atom stereocenters. The van der Waals surface area contributed by atoms with Gasteiger partial charge in [0.1, 0.15) is 5.69 Å². The number of benzene rings is 1. The van der Waals surface area contributed by atoms with Crippen molar-refractivity contribution in [3.63, 3.8) is 0 Å². The fraction of sp³-hybridized carbons (Fsp3) is 0.211. The van der Waals surface area contributed by atoms with Crippen molar-refractivity contribution in [1.29, 1.82) is 0 Å². The van der Waals surface area contributed by atoms with E-state index >= 15 is 0 Å². The van der Waals surface area contributed by atoms with Gasteiger partial charge in [-0.1, -0.05) is 24.3 Å². The highest BCUT2D eigenvalue weighted by atomic mass is 32.1. The van der Waals surface area contributed by atoms with E-state index in [4.69, 9.17) is 9.52 Å². The monoisotopic (exact) mass is 365 g/mol. The number of nitrogens with zero attached hydrogens (tertiary/aromatic N) is 5. The molecule has 1 aromatic carbocycles. The van der Waals surface area contributed by atoms with Crippen LogP contribution in [0.1, 0.15) is 17.3 Å². The number of rotatable bonds is 6. The highest BCUT2D eigenvalue weighted by Crippen LogP contribution is 2.28. The van der Waals surface area contributed by atoms with Crippen molar-refractivity contribution < 1.29 is 4.42 Å². The van der Waals surface area contributed by atoms with E-state index in [1.165, 1.54) is 0 Å². The second kappa shape index (κ2) is 7.23. The molecule has 0 unspecified atom stereocenters. The van der Waals surface area contributed by atoms with Gasteiger partial charge in [-0.3, -0.25) is 4.90 Å². The minimum absolute atomic E-state index is 0.588. The van der Waals surface area contributed by atoms with E-state index in [1.807, 2.05) is 29.9 Å². The van der Waals surface area contributed by atoms with Crippen molar-refractivity contribution in [1.82, 2.24) is 24.9 Å². The van der Waals surface area contributed by atoms with Gasteiger partial charge in [-0.05, 0) is 30.6 Å². The van der Waals surface area contributed by atoms with Gasteiger partial charge in [0, 0.05) is 25.2 Å². The standard InChI is InChI=1S/C19H19N5OS/c1-14-20-21-18(25-14)13-23(2)11-15-12-24(16-7-4-3-5-8-16)22-19(15)17-9-6-10-26-17/h3-10,12H,11,13H2,1-2H3. The molecular weight excluding hydrogens is 346 g/mol. The van der Waals surface area contributed by atoms with E-state index in [2.05, 4.69) is 50.9 Å². The smallest absolute Gasteiger partial charge is 0.230 e. The van der Waals surface area contributed by atoms with Crippen molar-refractivity contribution in [3.05, 3.63) is 71.4 Å². The fourth-order valence-electron chi connectivity index (χ4n) is 2.84. The van der Waals surface area contributed by atoms with Crippen molar-refractivity contribution in [2.75, 3.05) is 7.05 Å². The van der Waals surface area contributed by atoms with Crippen LogP contribution in [0.5, 0.6) is 0 Å². The Balaban J connectivity index is 1.62. The minimum atomic E-state index is 0.588. The third kappa shape index (κ3) is 3.58. The molecule has 0 aliphatic rings. The Labute approximate surface area is 155 Å². The highest BCUT2D eigenvalue weighted by molar-refractivity contribution is 7.13. The Bertz CT molecular complexity index is 975. The predicted molar refractivity (Wildman–Crippen MR) is 101 cm³/mol. The zero-order valence-electron chi connectivity index (χ0n) is 14.7. The summed E-state index contributed by atoms with van der Waals surface area (Å²) >= 11 is 1.70. The molecular formula is C19H19N5OS. The average Bonchev–Trinajstić information content (AvgIpc) is 3.37. The Hall–Kier alpha value is -2.77. The maximum absolute atomic E-state index is 5.49. The topological polar surface area (TPSA) is 60.0 Å². The summed E-state index contributed by atoms with van der Waals surface area (Å²) in [6.07, 6.45) is 2.10. The molecule has 132 valence electrons. The lowest BCUT2D eigenvalue weighted by molar-refractivity contribution is 0.279. The highest BCUT2D eigenvalue weighted by Gasteiger charge is 2.16. The average molecular weight is 365 g/mol. The number of aryl methyl sites for hydroxylation is 1. The van der Waals surface area contributed by atoms with E-state index in [-0.39, 0.29) is 0 Å². The van der Waals surface area contributed by atoms with Crippen LogP contribution in [0.2, 0.25) is 0 Å². The molecule has 0 fully saturated rings. The third-order valence-corrected chi connectivity index (χ3v) is 4.86. The Morgan fingerprint density at radius 1 is 1.08 bits per heavy atom. The van der Waals surface area contributed by atoms with Gasteiger partial charge in [0.15, 0.2) is 0 Å². The molecule has 0 bridgehead atoms. The molecule has 0 amide bonds. The molecule has 0 aliphatic carbocycles. The van der Waals surface area contributed by atoms with Crippen LogP contribution in [0.3, 0.4) is 0 Å². The maximum atomic E-state index is 5.49. The van der Waals surface area contributed by atoms with Gasteiger partial charge in [-0.2, -0.15) is 5.10 Å². The number of para-hydroxylation sites is 1. The van der Waals surface area contributed by atoms with Crippen molar-refractivity contribution in [3.8, 4) is 16.3 Å². The summed E-state index contributed by atoms with van der Waals surface area (Å²) < 4.78 is 7.43. The summed E-state index contributed by atoms with van der Waals surface area (Å²) in [6.45, 7) is 3.14. The summed E-state index contributed by atoms with van der Waals surface area (Å²) in [4.78, 5) is 3.31. The summed E-state index contributed by atoms with van der Waals surface area (Å²) in [7, 11) is 2.04. The Morgan fingerprint density at radius 2 is 1.92 bits per heavy atom. The van der Waals surface area contributed by atoms with Gasteiger partial charge in [0.2, 0.25) is 11.8 Å². The van der Waals surface area contributed by atoms with Gasteiger partial charge < -0.3 is 4.42 Å². The van der Waals surface area contributed by atoms with Crippen molar-refractivity contribution in [2.45, 2.75) is 20.0 Å². The van der Waals surface area contributed by atoms with Crippen LogP contribution in [0.4, 0.5) is 0 Å². The van der Waals surface area contributed by atoms with Crippen LogP contribution in [0.15, 0.2) is 58.5 Å². The second-order valence-electron chi connectivity index (χ2n) is 6.15. The summed E-state index contributed by atoms with van der Waals surface area (Å²) in [5.41, 5.74) is 3.22. The number of hydrogen-bond donors (Lipinski definition) is 0. The molecule has 7 heteroatoms. The van der Waals surface area contributed by atoms with E-state index in [0.29, 0.717) is 18.3 Å². The minimum Gasteiger partial charge on any atom is -0.424 e. The van der Waals surface area contributed by atoms with E-state index < -0.39 is 0 Å². The Morgan fingerprint density at radius 3 is 2.62 bits per heavy atom. The van der Waals surface area contributed by atoms with E-state index in [1.54, 1.807) is 18.3 Å². The zero-order chi connectivity index (χ0) is 17.9. The van der Waals surface area contributed by atoms with Gasteiger partial charge in [0.05, 0.1) is 17.1 Å². The molecule has 0 radical (unpaired) electrons. The van der Waals surface area contributed by atoms with Crippen molar-refractivity contribution in [2.24, 2.45) is 0 Å². The first-order chi connectivity index (χ1) is 12.7. The Kier molecular flexibility index (Phi) is 4.64. The van der Waals surface area contributed by atoms with Crippen LogP contribution in [0, 0.1) is 6.92 Å². The molecule has 4 aromatic rings. The van der Waals surface area contributed by atoms with E-state index in [0.717, 1.165) is 28.4 Å². The predicted octanol–water partition coefficient (Wildman–Crippen LogP) is 3.92. The first-order valence-electron chi connectivity index (χ1n) is 8.34. The maximum Gasteiger partial charge on any atom is 0.230 e. The lowest BCUT2D eigenvalue weighted by atomic mass is 10.2. The number of aromatic nitrogens is 4. The molecule has 0 N–H and O–H groups in total. The largest absolute Gasteiger partial charge is 0.424 e. The van der Waals surface area contributed by atoms with Crippen LogP contribution >= 0.6 is 11.3 Å². The normalized spacial score (nSPS) is 11.3. The van der Waals surface area contributed by atoms with Crippen LogP contribution in [-0.2, 0) is 13.1 Å². The third-order valence-electron chi connectivity index (χ3n) is 3.98. The molecule has 0 aliphatic heterocycles. The molecule has 0 saturated heterocycles. The van der Waals surface area contributed by atoms with Gasteiger partial charge >= 0.3 is 0 Å². The zero-order valence-corrected chi connectivity index (χ0v) is 15.5. The van der Waals surface area contributed by atoms with Gasteiger partial charge in [-0.25, -0.2) is 4.68 Å². The number of hydrogen-bond acceptors (Lipinski definition) is 6. The number of thiophene rings is 1. The summed E-state index contributed by atoms with van der Waals surface area (Å²) in [5, 5.41) is 14.9. The molecule has 0 spiro atoms. The first kappa shape index (κ1) is 16.7. The first-order valence-corrected chi connectivity index (χ1v) is 9.22. The second-order valence-corrected chi connectivity index (χ2v) is 7.10. The quantitative estimate of drug-likeness (QED) is 0.518. The van der Waals surface area contributed by atoms with Gasteiger partial charge in [-0.15, -0.1) is 21.5 Å². The molecule has 6 nitrogen and oxygen atoms in total. The molecule has 4 rings (SSSR count).